The molecule has 4 nitrogen and oxygen atoms in total. The van der Waals surface area contributed by atoms with Gasteiger partial charge in [0.2, 0.25) is 5.91 Å². The fourth-order valence-electron chi connectivity index (χ4n) is 3.26. The monoisotopic (exact) mass is 404 g/mol. The van der Waals surface area contributed by atoms with Crippen LogP contribution in [0.15, 0.2) is 54.6 Å². The summed E-state index contributed by atoms with van der Waals surface area (Å²) in [6.45, 7) is 3.98. The molecule has 1 amide bonds. The largest absolute Gasteiger partial charge is 0.395 e. The Morgan fingerprint density at radius 1 is 1.00 bits per heavy atom. The first-order chi connectivity index (χ1) is 13.2. The van der Waals surface area contributed by atoms with E-state index in [9.17, 15) is 4.79 Å². The van der Waals surface area contributed by atoms with Crippen LogP contribution in [-0.2, 0) is 4.79 Å². The van der Waals surface area contributed by atoms with E-state index < -0.39 is 0 Å². The first kappa shape index (κ1) is 20.2. The maximum absolute atomic E-state index is 12.7. The lowest BCUT2D eigenvalue weighted by molar-refractivity contribution is -0.130. The van der Waals surface area contributed by atoms with Gasteiger partial charge in [0, 0.05) is 37.7 Å². The molecule has 0 aromatic heterocycles. The number of thioether (sulfide) groups is 1. The number of aliphatic hydroxyl groups is 1. The second-order valence-corrected chi connectivity index (χ2v) is 8.13. The minimum absolute atomic E-state index is 0.100. The Kier molecular flexibility index (Phi) is 7.59. The van der Waals surface area contributed by atoms with Crippen LogP contribution in [-0.4, -0.2) is 65.9 Å². The molecule has 0 radical (unpaired) electrons. The fourth-order valence-corrected chi connectivity index (χ4v) is 4.58. The fraction of sp³-hybridized carbons (Fsp3) is 0.381. The van der Waals surface area contributed by atoms with Crippen LogP contribution in [0.5, 0.6) is 0 Å². The molecule has 0 aliphatic carbocycles. The summed E-state index contributed by atoms with van der Waals surface area (Å²) in [6, 6.07) is 18.1. The predicted octanol–water partition coefficient (Wildman–Crippen LogP) is 3.30. The predicted molar refractivity (Wildman–Crippen MR) is 112 cm³/mol. The zero-order valence-electron chi connectivity index (χ0n) is 15.3. The third-order valence-electron chi connectivity index (χ3n) is 4.79. The van der Waals surface area contributed by atoms with Gasteiger partial charge in [-0.25, -0.2) is 0 Å². The van der Waals surface area contributed by atoms with Crippen molar-refractivity contribution in [2.45, 2.75) is 5.25 Å². The van der Waals surface area contributed by atoms with E-state index in [2.05, 4.69) is 17.0 Å². The lowest BCUT2D eigenvalue weighted by Crippen LogP contribution is -2.49. The molecule has 1 aliphatic rings. The molecule has 0 bridgehead atoms. The van der Waals surface area contributed by atoms with Crippen molar-refractivity contribution in [2.75, 3.05) is 45.1 Å². The Labute approximate surface area is 170 Å². The number of nitrogens with zero attached hydrogens (tertiary/aromatic N) is 2. The lowest BCUT2D eigenvalue weighted by Gasteiger charge is -2.34. The van der Waals surface area contributed by atoms with Gasteiger partial charge >= 0.3 is 0 Å². The van der Waals surface area contributed by atoms with Gasteiger partial charge in [-0.3, -0.25) is 9.69 Å². The number of hydrogen-bond acceptors (Lipinski definition) is 4. The van der Waals surface area contributed by atoms with Crippen molar-refractivity contribution in [1.29, 1.82) is 0 Å². The number of carbonyl (C=O) groups is 1. The molecule has 1 saturated heterocycles. The van der Waals surface area contributed by atoms with Crippen molar-refractivity contribution in [3.63, 3.8) is 0 Å². The molecule has 1 atom stereocenters. The van der Waals surface area contributed by atoms with Gasteiger partial charge in [0.15, 0.2) is 0 Å². The van der Waals surface area contributed by atoms with Gasteiger partial charge in [0.1, 0.15) is 0 Å². The number of benzene rings is 2. The standard InChI is InChI=1S/C21H25ClN2O2S/c22-19-8-6-18(7-9-19)21(17-4-2-1-3-5-17)27-16-20(26)24-12-10-23(11-13-24)14-15-25/h1-9,21,25H,10-16H2. The van der Waals surface area contributed by atoms with Crippen LogP contribution in [0.4, 0.5) is 0 Å². The molecule has 1 fully saturated rings. The summed E-state index contributed by atoms with van der Waals surface area (Å²) in [7, 11) is 0. The minimum atomic E-state index is 0.100. The van der Waals surface area contributed by atoms with Gasteiger partial charge in [-0.1, -0.05) is 54.1 Å². The summed E-state index contributed by atoms with van der Waals surface area (Å²) in [5.41, 5.74) is 2.33. The highest BCUT2D eigenvalue weighted by atomic mass is 35.5. The molecule has 1 aliphatic heterocycles. The Morgan fingerprint density at radius 3 is 2.26 bits per heavy atom. The summed E-state index contributed by atoms with van der Waals surface area (Å²) < 4.78 is 0. The lowest BCUT2D eigenvalue weighted by atomic mass is 10.0. The van der Waals surface area contributed by atoms with Crippen LogP contribution >= 0.6 is 23.4 Å². The molecular formula is C21H25ClN2O2S. The van der Waals surface area contributed by atoms with E-state index >= 15 is 0 Å². The van der Waals surface area contributed by atoms with Crippen molar-refractivity contribution in [2.24, 2.45) is 0 Å². The van der Waals surface area contributed by atoms with Gasteiger partial charge in [-0.05, 0) is 23.3 Å². The molecule has 1 heterocycles. The molecule has 2 aromatic carbocycles. The summed E-state index contributed by atoms with van der Waals surface area (Å²) in [5, 5.41) is 9.85. The van der Waals surface area contributed by atoms with Crippen LogP contribution in [0.2, 0.25) is 5.02 Å². The van der Waals surface area contributed by atoms with Crippen molar-refractivity contribution >= 4 is 29.3 Å². The second kappa shape index (κ2) is 10.1. The summed E-state index contributed by atoms with van der Waals surface area (Å²) in [5.74, 6) is 0.626. The number of aliphatic hydroxyl groups excluding tert-OH is 1. The van der Waals surface area contributed by atoms with E-state index in [-0.39, 0.29) is 17.8 Å². The van der Waals surface area contributed by atoms with Crippen LogP contribution in [0, 0.1) is 0 Å². The Bertz CT molecular complexity index is 719. The number of amides is 1. The van der Waals surface area contributed by atoms with Gasteiger partial charge in [-0.15, -0.1) is 11.8 Å². The summed E-state index contributed by atoms with van der Waals surface area (Å²) >= 11 is 7.70. The van der Waals surface area contributed by atoms with E-state index in [1.54, 1.807) is 11.8 Å². The second-order valence-electron chi connectivity index (χ2n) is 6.60. The number of piperazine rings is 1. The number of hydrogen-bond donors (Lipinski definition) is 1. The van der Waals surface area contributed by atoms with Crippen LogP contribution in [0.25, 0.3) is 0 Å². The van der Waals surface area contributed by atoms with E-state index in [1.807, 2.05) is 47.4 Å². The highest BCUT2D eigenvalue weighted by Crippen LogP contribution is 2.36. The van der Waals surface area contributed by atoms with E-state index in [0.717, 1.165) is 31.7 Å². The zero-order valence-corrected chi connectivity index (χ0v) is 16.8. The molecule has 3 rings (SSSR count). The quantitative estimate of drug-likeness (QED) is 0.769. The highest BCUT2D eigenvalue weighted by Gasteiger charge is 2.23. The van der Waals surface area contributed by atoms with Crippen molar-refractivity contribution in [3.05, 3.63) is 70.7 Å². The normalized spacial score (nSPS) is 16.3. The molecular weight excluding hydrogens is 380 g/mol. The van der Waals surface area contributed by atoms with Gasteiger partial charge < -0.3 is 10.0 Å². The third-order valence-corrected chi connectivity index (χ3v) is 6.33. The third kappa shape index (κ3) is 5.72. The average molecular weight is 405 g/mol. The molecule has 144 valence electrons. The smallest absolute Gasteiger partial charge is 0.232 e. The number of halogens is 1. The number of β-amino-alcohol motifs (C(OH)–C–C–N with tert-alkyl or cyclic N) is 1. The van der Waals surface area contributed by atoms with E-state index in [1.165, 1.54) is 5.56 Å². The maximum Gasteiger partial charge on any atom is 0.232 e. The zero-order chi connectivity index (χ0) is 19.1. The van der Waals surface area contributed by atoms with E-state index in [4.69, 9.17) is 16.7 Å². The number of carbonyl (C=O) groups excluding carboxylic acids is 1. The minimum Gasteiger partial charge on any atom is -0.395 e. The SMILES string of the molecule is O=C(CSC(c1ccccc1)c1ccc(Cl)cc1)N1CCN(CCO)CC1. The summed E-state index contributed by atoms with van der Waals surface area (Å²) in [6.07, 6.45) is 0. The van der Waals surface area contributed by atoms with Crippen LogP contribution in [0.3, 0.4) is 0 Å². The van der Waals surface area contributed by atoms with Crippen LogP contribution in [0.1, 0.15) is 16.4 Å². The number of rotatable bonds is 7. The van der Waals surface area contributed by atoms with Gasteiger partial charge in [-0.2, -0.15) is 0 Å². The highest BCUT2D eigenvalue weighted by molar-refractivity contribution is 8.00. The first-order valence-corrected chi connectivity index (χ1v) is 10.6. The molecule has 0 spiro atoms. The van der Waals surface area contributed by atoms with Crippen molar-refractivity contribution in [1.82, 2.24) is 9.80 Å². The summed E-state index contributed by atoms with van der Waals surface area (Å²) in [4.78, 5) is 16.8. The Morgan fingerprint density at radius 2 is 1.63 bits per heavy atom. The molecule has 27 heavy (non-hydrogen) atoms. The molecule has 1 unspecified atom stereocenters. The van der Waals surface area contributed by atoms with Gasteiger partial charge in [0.25, 0.3) is 0 Å². The first-order valence-electron chi connectivity index (χ1n) is 9.20. The molecule has 6 heteroatoms. The molecule has 0 saturated carbocycles. The molecule has 1 N–H and O–H groups in total. The topological polar surface area (TPSA) is 43.8 Å². The average Bonchev–Trinajstić information content (AvgIpc) is 2.71. The van der Waals surface area contributed by atoms with Gasteiger partial charge in [0.05, 0.1) is 17.6 Å². The van der Waals surface area contributed by atoms with E-state index in [0.29, 0.717) is 17.3 Å². The maximum atomic E-state index is 12.7. The van der Waals surface area contributed by atoms with Crippen LogP contribution < -0.4 is 0 Å². The Hall–Kier alpha value is -1.53. The van der Waals surface area contributed by atoms with Crippen molar-refractivity contribution in [3.8, 4) is 0 Å². The van der Waals surface area contributed by atoms with Crippen molar-refractivity contribution < 1.29 is 9.90 Å². The molecule has 2 aromatic rings. The Balaban J connectivity index is 1.63.